The molecule has 0 atom stereocenters. The van der Waals surface area contributed by atoms with Gasteiger partial charge in [-0.1, -0.05) is 6.07 Å². The molecule has 3 N–H and O–H groups in total. The van der Waals surface area contributed by atoms with Crippen LogP contribution in [0, 0.1) is 6.92 Å². The Morgan fingerprint density at radius 2 is 1.95 bits per heavy atom. The molecule has 0 aromatic heterocycles. The van der Waals surface area contributed by atoms with Gasteiger partial charge in [0.2, 0.25) is 0 Å². The van der Waals surface area contributed by atoms with Gasteiger partial charge in [0, 0.05) is 5.69 Å². The zero-order valence-electron chi connectivity index (χ0n) is 12.1. The van der Waals surface area contributed by atoms with Gasteiger partial charge in [-0.05, 0) is 49.7 Å². The Bertz CT molecular complexity index is 597. The number of benzene rings is 2. The summed E-state index contributed by atoms with van der Waals surface area (Å²) in [5.74, 6) is 1.56. The second-order valence-corrected chi connectivity index (χ2v) is 4.46. The van der Waals surface area contributed by atoms with Crippen LogP contribution in [-0.2, 0) is 0 Å². The highest BCUT2D eigenvalue weighted by atomic mass is 16.5. The van der Waals surface area contributed by atoms with Crippen molar-refractivity contribution in [3.8, 4) is 11.5 Å². The van der Waals surface area contributed by atoms with E-state index in [1.54, 1.807) is 7.11 Å². The minimum Gasteiger partial charge on any atom is -0.496 e. The summed E-state index contributed by atoms with van der Waals surface area (Å²) >= 11 is 0. The summed E-state index contributed by atoms with van der Waals surface area (Å²) in [5, 5.41) is 3.30. The molecule has 2 aromatic rings. The Hall–Kier alpha value is -2.36. The van der Waals surface area contributed by atoms with Crippen LogP contribution < -0.4 is 20.5 Å². The molecule has 0 aliphatic carbocycles. The van der Waals surface area contributed by atoms with Gasteiger partial charge in [0.25, 0.3) is 0 Å². The normalized spacial score (nSPS) is 10.2. The van der Waals surface area contributed by atoms with E-state index in [1.165, 1.54) is 0 Å². The first kappa shape index (κ1) is 14.1. The van der Waals surface area contributed by atoms with Crippen LogP contribution in [0.1, 0.15) is 12.5 Å². The molecular formula is C16H20N2O2. The summed E-state index contributed by atoms with van der Waals surface area (Å²) < 4.78 is 10.7. The van der Waals surface area contributed by atoms with Crippen LogP contribution in [0.4, 0.5) is 17.1 Å². The van der Waals surface area contributed by atoms with Gasteiger partial charge in [-0.2, -0.15) is 0 Å². The number of ether oxygens (including phenoxy) is 2. The quantitative estimate of drug-likeness (QED) is 0.814. The minimum atomic E-state index is 0.593. The number of hydrogen-bond acceptors (Lipinski definition) is 4. The number of methoxy groups -OCH3 is 1. The van der Waals surface area contributed by atoms with Crippen LogP contribution in [-0.4, -0.2) is 13.7 Å². The lowest BCUT2D eigenvalue weighted by atomic mass is 10.2. The predicted molar refractivity (Wildman–Crippen MR) is 83.0 cm³/mol. The van der Waals surface area contributed by atoms with Gasteiger partial charge in [0.05, 0.1) is 25.1 Å². The molecule has 2 rings (SSSR count). The number of anilines is 3. The lowest BCUT2D eigenvalue weighted by Gasteiger charge is -2.14. The van der Waals surface area contributed by atoms with Crippen LogP contribution in [0.5, 0.6) is 11.5 Å². The van der Waals surface area contributed by atoms with Crippen molar-refractivity contribution in [2.75, 3.05) is 24.8 Å². The molecule has 4 nitrogen and oxygen atoms in total. The zero-order chi connectivity index (χ0) is 14.5. The van der Waals surface area contributed by atoms with Gasteiger partial charge in [-0.25, -0.2) is 0 Å². The largest absolute Gasteiger partial charge is 0.496 e. The molecule has 0 aliphatic rings. The molecule has 4 heteroatoms. The van der Waals surface area contributed by atoms with Crippen molar-refractivity contribution in [1.82, 2.24) is 0 Å². The summed E-state index contributed by atoms with van der Waals surface area (Å²) in [7, 11) is 1.67. The summed E-state index contributed by atoms with van der Waals surface area (Å²) in [6.45, 7) is 4.53. The van der Waals surface area contributed by atoms with Crippen molar-refractivity contribution < 1.29 is 9.47 Å². The van der Waals surface area contributed by atoms with Crippen LogP contribution in [0.3, 0.4) is 0 Å². The van der Waals surface area contributed by atoms with Crippen molar-refractivity contribution in [1.29, 1.82) is 0 Å². The first-order valence-corrected chi connectivity index (χ1v) is 6.58. The molecule has 2 aromatic carbocycles. The van der Waals surface area contributed by atoms with E-state index in [2.05, 4.69) is 5.32 Å². The molecule has 0 aliphatic heterocycles. The topological polar surface area (TPSA) is 56.5 Å². The van der Waals surface area contributed by atoms with Crippen molar-refractivity contribution in [2.45, 2.75) is 13.8 Å². The van der Waals surface area contributed by atoms with E-state index in [0.29, 0.717) is 18.0 Å². The third kappa shape index (κ3) is 2.96. The fourth-order valence-electron chi connectivity index (χ4n) is 2.05. The van der Waals surface area contributed by atoms with Crippen molar-refractivity contribution in [3.05, 3.63) is 42.0 Å². The highest BCUT2D eigenvalue weighted by Gasteiger charge is 2.07. The monoisotopic (exact) mass is 272 g/mol. The van der Waals surface area contributed by atoms with Gasteiger partial charge in [-0.15, -0.1) is 0 Å². The van der Waals surface area contributed by atoms with E-state index in [0.717, 1.165) is 22.7 Å². The Morgan fingerprint density at radius 3 is 2.60 bits per heavy atom. The van der Waals surface area contributed by atoms with Crippen molar-refractivity contribution in [3.63, 3.8) is 0 Å². The first-order valence-electron chi connectivity index (χ1n) is 6.58. The van der Waals surface area contributed by atoms with Crippen LogP contribution >= 0.6 is 0 Å². The summed E-state index contributed by atoms with van der Waals surface area (Å²) in [4.78, 5) is 0. The van der Waals surface area contributed by atoms with E-state index >= 15 is 0 Å². The molecule has 106 valence electrons. The van der Waals surface area contributed by atoms with Gasteiger partial charge in [-0.3, -0.25) is 0 Å². The molecule has 0 saturated heterocycles. The van der Waals surface area contributed by atoms with E-state index in [4.69, 9.17) is 15.2 Å². The van der Waals surface area contributed by atoms with Crippen LogP contribution in [0.25, 0.3) is 0 Å². The number of para-hydroxylation sites is 1. The SMILES string of the molecule is CCOc1cccc(Nc2ccc(OC)c(C)c2)c1N. The maximum atomic E-state index is 6.10. The molecule has 0 bridgehead atoms. The summed E-state index contributed by atoms with van der Waals surface area (Å²) in [6.07, 6.45) is 0. The average molecular weight is 272 g/mol. The zero-order valence-corrected chi connectivity index (χ0v) is 12.1. The maximum Gasteiger partial charge on any atom is 0.144 e. The first-order chi connectivity index (χ1) is 9.65. The van der Waals surface area contributed by atoms with Crippen LogP contribution in [0.2, 0.25) is 0 Å². The standard InChI is InChI=1S/C16H20N2O2/c1-4-20-15-7-5-6-13(16(15)17)18-12-8-9-14(19-3)11(2)10-12/h5-10,18H,4,17H2,1-3H3. The number of rotatable bonds is 5. The lowest BCUT2D eigenvalue weighted by molar-refractivity contribution is 0.342. The Labute approximate surface area is 119 Å². The van der Waals surface area contributed by atoms with E-state index < -0.39 is 0 Å². The number of hydrogen-bond donors (Lipinski definition) is 2. The molecule has 0 fully saturated rings. The number of nitrogen functional groups attached to an aromatic ring is 1. The number of aryl methyl sites for hydroxylation is 1. The maximum absolute atomic E-state index is 6.10. The summed E-state index contributed by atoms with van der Waals surface area (Å²) in [6, 6.07) is 11.6. The molecule has 0 unspecified atom stereocenters. The third-order valence-corrected chi connectivity index (χ3v) is 3.04. The smallest absolute Gasteiger partial charge is 0.144 e. The van der Waals surface area contributed by atoms with Gasteiger partial charge in [0.15, 0.2) is 0 Å². The van der Waals surface area contributed by atoms with E-state index in [9.17, 15) is 0 Å². The summed E-state index contributed by atoms with van der Waals surface area (Å²) in [5.41, 5.74) is 9.58. The molecule has 20 heavy (non-hydrogen) atoms. The fraction of sp³-hybridized carbons (Fsp3) is 0.250. The van der Waals surface area contributed by atoms with Crippen molar-refractivity contribution in [2.24, 2.45) is 0 Å². The molecule has 0 amide bonds. The van der Waals surface area contributed by atoms with E-state index in [-0.39, 0.29) is 0 Å². The highest BCUT2D eigenvalue weighted by Crippen LogP contribution is 2.32. The Balaban J connectivity index is 2.26. The third-order valence-electron chi connectivity index (χ3n) is 3.04. The Morgan fingerprint density at radius 1 is 1.15 bits per heavy atom. The van der Waals surface area contributed by atoms with Gasteiger partial charge in [0.1, 0.15) is 11.5 Å². The number of nitrogens with two attached hydrogens (primary N) is 1. The molecule has 0 saturated carbocycles. The van der Waals surface area contributed by atoms with Gasteiger partial charge < -0.3 is 20.5 Å². The van der Waals surface area contributed by atoms with Gasteiger partial charge >= 0.3 is 0 Å². The Kier molecular flexibility index (Phi) is 4.35. The fourth-order valence-corrected chi connectivity index (χ4v) is 2.05. The van der Waals surface area contributed by atoms with E-state index in [1.807, 2.05) is 50.2 Å². The molecule has 0 spiro atoms. The second-order valence-electron chi connectivity index (χ2n) is 4.46. The molecule has 0 radical (unpaired) electrons. The lowest BCUT2D eigenvalue weighted by Crippen LogP contribution is -2.01. The van der Waals surface area contributed by atoms with Crippen molar-refractivity contribution >= 4 is 17.1 Å². The average Bonchev–Trinajstić information content (AvgIpc) is 2.44. The number of nitrogens with one attached hydrogen (secondary N) is 1. The van der Waals surface area contributed by atoms with Crippen LogP contribution in [0.15, 0.2) is 36.4 Å². The predicted octanol–water partition coefficient (Wildman–Crippen LogP) is 3.73. The second kappa shape index (κ2) is 6.19. The minimum absolute atomic E-state index is 0.593. The highest BCUT2D eigenvalue weighted by molar-refractivity contribution is 5.77. The molecular weight excluding hydrogens is 252 g/mol. The molecule has 0 heterocycles.